The lowest BCUT2D eigenvalue weighted by Gasteiger charge is -2.17. The zero-order valence-corrected chi connectivity index (χ0v) is 14.0. The Kier molecular flexibility index (Phi) is 4.08. The van der Waals surface area contributed by atoms with Gasteiger partial charge >= 0.3 is 0 Å². The fraction of sp³-hybridized carbons (Fsp3) is 0.235. The number of nitrogens with one attached hydrogen (secondary N) is 1. The normalized spacial score (nSPS) is 12.3. The molecule has 2 heterocycles. The summed E-state index contributed by atoms with van der Waals surface area (Å²) in [5, 5.41) is 6.89. The fourth-order valence-electron chi connectivity index (χ4n) is 2.50. The molecule has 1 atom stereocenters. The van der Waals surface area contributed by atoms with Gasteiger partial charge in [-0.1, -0.05) is 24.3 Å². The summed E-state index contributed by atoms with van der Waals surface area (Å²) in [6, 6.07) is 13.0. The van der Waals surface area contributed by atoms with Crippen molar-refractivity contribution in [2.45, 2.75) is 26.8 Å². The average molecular weight is 314 g/mol. The molecule has 0 aliphatic heterocycles. The van der Waals surface area contributed by atoms with Crippen molar-refractivity contribution < 1.29 is 0 Å². The number of rotatable bonds is 4. The molecule has 0 amide bonds. The van der Waals surface area contributed by atoms with E-state index in [-0.39, 0.29) is 6.04 Å². The van der Waals surface area contributed by atoms with Gasteiger partial charge in [-0.05, 0) is 38.3 Å². The van der Waals surface area contributed by atoms with Crippen molar-refractivity contribution in [3.8, 4) is 10.4 Å². The second-order valence-corrected chi connectivity index (χ2v) is 7.25. The van der Waals surface area contributed by atoms with Crippen LogP contribution in [0.3, 0.4) is 0 Å². The Morgan fingerprint density at radius 1 is 1.10 bits per heavy atom. The van der Waals surface area contributed by atoms with Crippen LogP contribution in [-0.2, 0) is 0 Å². The minimum Gasteiger partial charge on any atom is -0.377 e. The molecule has 0 fully saturated rings. The third-order valence-electron chi connectivity index (χ3n) is 3.42. The number of aryl methyl sites for hydroxylation is 2. The van der Waals surface area contributed by atoms with Gasteiger partial charge in [0.05, 0.1) is 16.7 Å². The molecule has 0 bridgehead atoms. The lowest BCUT2D eigenvalue weighted by atomic mass is 10.1. The van der Waals surface area contributed by atoms with Crippen molar-refractivity contribution in [2.75, 3.05) is 5.32 Å². The molecule has 3 rings (SSSR count). The van der Waals surface area contributed by atoms with E-state index in [1.165, 1.54) is 21.0 Å². The third-order valence-corrected chi connectivity index (χ3v) is 5.58. The maximum Gasteiger partial charge on any atom is 0.0900 e. The van der Waals surface area contributed by atoms with E-state index in [2.05, 4.69) is 72.9 Å². The summed E-state index contributed by atoms with van der Waals surface area (Å²) in [4.78, 5) is 7.13. The summed E-state index contributed by atoms with van der Waals surface area (Å²) >= 11 is 3.54. The Hall–Kier alpha value is -1.65. The molecule has 0 spiro atoms. The van der Waals surface area contributed by atoms with E-state index < -0.39 is 0 Å². The molecule has 0 aliphatic carbocycles. The van der Waals surface area contributed by atoms with Crippen molar-refractivity contribution in [3.05, 3.63) is 57.4 Å². The number of aromatic nitrogens is 1. The third kappa shape index (κ3) is 3.01. The van der Waals surface area contributed by atoms with E-state index in [0.29, 0.717) is 0 Å². The number of para-hydroxylation sites is 1. The van der Waals surface area contributed by atoms with Crippen molar-refractivity contribution in [3.63, 3.8) is 0 Å². The highest BCUT2D eigenvalue weighted by molar-refractivity contribution is 7.13. The molecule has 3 aromatic rings. The standard InChI is InChI=1S/C17H18N2S2/c1-11-17(21-13(3)18-11)12(2)19-15-8-5-4-7-14(15)16-9-6-10-20-16/h4-10,12,19H,1-3H3. The molecule has 2 nitrogen and oxygen atoms in total. The van der Waals surface area contributed by atoms with E-state index in [0.717, 1.165) is 10.7 Å². The first-order valence-electron chi connectivity index (χ1n) is 6.98. The molecule has 2 aromatic heterocycles. The Bertz CT molecular complexity index is 729. The zero-order valence-electron chi connectivity index (χ0n) is 12.4. The van der Waals surface area contributed by atoms with Gasteiger partial charge in [-0.25, -0.2) is 4.98 Å². The SMILES string of the molecule is Cc1nc(C)c(C(C)Nc2ccccc2-c2cccs2)s1. The highest BCUT2D eigenvalue weighted by Gasteiger charge is 2.14. The van der Waals surface area contributed by atoms with Crippen molar-refractivity contribution in [2.24, 2.45) is 0 Å². The first kappa shape index (κ1) is 14.3. The maximum atomic E-state index is 4.53. The van der Waals surface area contributed by atoms with Gasteiger partial charge in [0, 0.05) is 21.0 Å². The summed E-state index contributed by atoms with van der Waals surface area (Å²) in [6.07, 6.45) is 0. The fourth-order valence-corrected chi connectivity index (χ4v) is 4.20. The molecule has 1 unspecified atom stereocenters. The van der Waals surface area contributed by atoms with E-state index in [1.54, 1.807) is 22.7 Å². The van der Waals surface area contributed by atoms with Crippen LogP contribution in [0.2, 0.25) is 0 Å². The van der Waals surface area contributed by atoms with Crippen LogP contribution in [0.1, 0.15) is 28.5 Å². The lowest BCUT2D eigenvalue weighted by Crippen LogP contribution is -2.07. The first-order chi connectivity index (χ1) is 10.1. The molecule has 1 aromatic carbocycles. The molecular formula is C17H18N2S2. The number of thiophene rings is 1. The summed E-state index contributed by atoms with van der Waals surface area (Å²) in [6.45, 7) is 6.35. The number of anilines is 1. The van der Waals surface area contributed by atoms with Crippen LogP contribution in [0.15, 0.2) is 41.8 Å². The summed E-state index contributed by atoms with van der Waals surface area (Å²) < 4.78 is 0. The Labute approximate surface area is 133 Å². The van der Waals surface area contributed by atoms with Crippen molar-refractivity contribution in [1.29, 1.82) is 0 Å². The molecule has 21 heavy (non-hydrogen) atoms. The molecule has 4 heteroatoms. The summed E-state index contributed by atoms with van der Waals surface area (Å²) in [7, 11) is 0. The quantitative estimate of drug-likeness (QED) is 0.672. The molecule has 108 valence electrons. The zero-order chi connectivity index (χ0) is 14.8. The number of benzene rings is 1. The van der Waals surface area contributed by atoms with Gasteiger partial charge < -0.3 is 5.32 Å². The lowest BCUT2D eigenvalue weighted by molar-refractivity contribution is 0.890. The van der Waals surface area contributed by atoms with Crippen molar-refractivity contribution >= 4 is 28.4 Å². The second kappa shape index (κ2) is 6.00. The Balaban J connectivity index is 1.90. The van der Waals surface area contributed by atoms with Crippen LogP contribution in [-0.4, -0.2) is 4.98 Å². The second-order valence-electron chi connectivity index (χ2n) is 5.07. The molecule has 0 saturated heterocycles. The van der Waals surface area contributed by atoms with Gasteiger partial charge in [-0.2, -0.15) is 0 Å². The van der Waals surface area contributed by atoms with Crippen LogP contribution >= 0.6 is 22.7 Å². The molecule has 1 N–H and O–H groups in total. The van der Waals surface area contributed by atoms with Crippen LogP contribution in [0.4, 0.5) is 5.69 Å². The number of hydrogen-bond acceptors (Lipinski definition) is 4. The van der Waals surface area contributed by atoms with Gasteiger partial charge in [0.2, 0.25) is 0 Å². The van der Waals surface area contributed by atoms with Crippen LogP contribution in [0.5, 0.6) is 0 Å². The monoisotopic (exact) mass is 314 g/mol. The van der Waals surface area contributed by atoms with Crippen LogP contribution in [0.25, 0.3) is 10.4 Å². The predicted octanol–water partition coefficient (Wildman–Crippen LogP) is 5.66. The highest BCUT2D eigenvalue weighted by atomic mass is 32.1. The van der Waals surface area contributed by atoms with Gasteiger partial charge in [0.15, 0.2) is 0 Å². The maximum absolute atomic E-state index is 4.53. The summed E-state index contributed by atoms with van der Waals surface area (Å²) in [5.41, 5.74) is 3.57. The Morgan fingerprint density at radius 3 is 2.57 bits per heavy atom. The van der Waals surface area contributed by atoms with E-state index in [1.807, 2.05) is 0 Å². The summed E-state index contributed by atoms with van der Waals surface area (Å²) in [5.74, 6) is 0. The number of nitrogens with zero attached hydrogens (tertiary/aromatic N) is 1. The highest BCUT2D eigenvalue weighted by Crippen LogP contribution is 2.34. The molecule has 0 radical (unpaired) electrons. The van der Waals surface area contributed by atoms with Crippen LogP contribution in [0, 0.1) is 13.8 Å². The van der Waals surface area contributed by atoms with Gasteiger partial charge in [-0.3, -0.25) is 0 Å². The average Bonchev–Trinajstić information content (AvgIpc) is 3.09. The molecule has 0 aliphatic rings. The predicted molar refractivity (Wildman–Crippen MR) is 93.4 cm³/mol. The van der Waals surface area contributed by atoms with Crippen LogP contribution < -0.4 is 5.32 Å². The Morgan fingerprint density at radius 2 is 1.90 bits per heavy atom. The van der Waals surface area contributed by atoms with E-state index in [4.69, 9.17) is 0 Å². The first-order valence-corrected chi connectivity index (χ1v) is 8.68. The molecule has 0 saturated carbocycles. The van der Waals surface area contributed by atoms with E-state index >= 15 is 0 Å². The minimum absolute atomic E-state index is 0.261. The largest absolute Gasteiger partial charge is 0.377 e. The topological polar surface area (TPSA) is 24.9 Å². The van der Waals surface area contributed by atoms with Gasteiger partial charge in [0.1, 0.15) is 0 Å². The number of hydrogen-bond donors (Lipinski definition) is 1. The minimum atomic E-state index is 0.261. The molecular weight excluding hydrogens is 296 g/mol. The number of thiazole rings is 1. The van der Waals surface area contributed by atoms with Gasteiger partial charge in [-0.15, -0.1) is 22.7 Å². The van der Waals surface area contributed by atoms with Crippen molar-refractivity contribution in [1.82, 2.24) is 4.98 Å². The van der Waals surface area contributed by atoms with E-state index in [9.17, 15) is 0 Å². The smallest absolute Gasteiger partial charge is 0.0900 e. The van der Waals surface area contributed by atoms with Gasteiger partial charge in [0.25, 0.3) is 0 Å².